The Morgan fingerprint density at radius 3 is 2.70 bits per heavy atom. The number of anilines is 1. The number of para-hydroxylation sites is 2. The van der Waals surface area contributed by atoms with Crippen LogP contribution >= 0.6 is 24.0 Å². The number of aliphatic imine (C=N–C) groups is 1. The maximum atomic E-state index is 5.57. The largest absolute Gasteiger partial charge is 0.493 e. The van der Waals surface area contributed by atoms with E-state index in [1.165, 1.54) is 0 Å². The average Bonchev–Trinajstić information content (AvgIpc) is 3.15. The number of hydrogen-bond donors (Lipinski definition) is 3. The number of aromatic nitrogens is 2. The maximum absolute atomic E-state index is 5.57. The summed E-state index contributed by atoms with van der Waals surface area (Å²) < 4.78 is 11.0. The molecule has 1 aromatic heterocycles. The van der Waals surface area contributed by atoms with Crippen LogP contribution in [0.3, 0.4) is 0 Å². The molecule has 30 heavy (non-hydrogen) atoms. The molecular formula is C22H30IN5O2. The van der Waals surface area contributed by atoms with Gasteiger partial charge in [-0.05, 0) is 44.5 Å². The first-order valence-corrected chi connectivity index (χ1v) is 10.0. The summed E-state index contributed by atoms with van der Waals surface area (Å²) >= 11 is 0. The highest BCUT2D eigenvalue weighted by Gasteiger charge is 2.07. The van der Waals surface area contributed by atoms with Gasteiger partial charge in [-0.1, -0.05) is 12.1 Å². The molecule has 0 fully saturated rings. The molecule has 0 radical (unpaired) electrons. The molecule has 0 atom stereocenters. The highest BCUT2D eigenvalue weighted by Crippen LogP contribution is 2.30. The van der Waals surface area contributed by atoms with E-state index in [9.17, 15) is 0 Å². The van der Waals surface area contributed by atoms with Crippen LogP contribution in [-0.4, -0.2) is 42.7 Å². The molecule has 0 spiro atoms. The fourth-order valence-corrected chi connectivity index (χ4v) is 3.03. The summed E-state index contributed by atoms with van der Waals surface area (Å²) in [7, 11) is 1.64. The average molecular weight is 523 g/mol. The molecule has 0 aliphatic carbocycles. The minimum absolute atomic E-state index is 0. The number of aromatic amines is 1. The number of guanidine groups is 1. The number of H-pyrrole nitrogens is 1. The molecule has 162 valence electrons. The summed E-state index contributed by atoms with van der Waals surface area (Å²) in [6, 6.07) is 13.8. The van der Waals surface area contributed by atoms with E-state index in [1.807, 2.05) is 56.3 Å². The molecule has 8 heteroatoms. The summed E-state index contributed by atoms with van der Waals surface area (Å²) in [6.45, 7) is 6.07. The highest BCUT2D eigenvalue weighted by atomic mass is 127. The first kappa shape index (κ1) is 23.8. The van der Waals surface area contributed by atoms with E-state index in [0.29, 0.717) is 18.9 Å². The quantitative estimate of drug-likeness (QED) is 0.165. The van der Waals surface area contributed by atoms with Crippen molar-refractivity contribution in [2.75, 3.05) is 32.1 Å². The number of nitrogens with one attached hydrogen (secondary N) is 3. The minimum atomic E-state index is 0. The lowest BCUT2D eigenvalue weighted by molar-refractivity contribution is 0.311. The Bertz CT molecular complexity index is 925. The van der Waals surface area contributed by atoms with E-state index >= 15 is 0 Å². The highest BCUT2D eigenvalue weighted by molar-refractivity contribution is 14.0. The van der Waals surface area contributed by atoms with Crippen LogP contribution in [-0.2, 0) is 6.42 Å². The standard InChI is InChI=1S/C22H29N5O2.HI/c1-4-23-22(25-16-12-13-19(29-5-2)20(15-16)28-3)24-14-8-11-21-26-17-9-6-7-10-18(17)27-21;/h6-7,9-10,12-13,15H,4-5,8,11,14H2,1-3H3,(H,26,27)(H2,23,24,25);1H. The number of methoxy groups -OCH3 is 1. The van der Waals surface area contributed by atoms with Gasteiger partial charge in [0.2, 0.25) is 0 Å². The van der Waals surface area contributed by atoms with Crippen molar-refractivity contribution in [2.24, 2.45) is 4.99 Å². The van der Waals surface area contributed by atoms with E-state index in [2.05, 4.69) is 25.6 Å². The van der Waals surface area contributed by atoms with Crippen molar-refractivity contribution in [3.63, 3.8) is 0 Å². The van der Waals surface area contributed by atoms with Gasteiger partial charge in [0.1, 0.15) is 5.82 Å². The lowest BCUT2D eigenvalue weighted by Crippen LogP contribution is -2.30. The normalized spacial score (nSPS) is 11.1. The van der Waals surface area contributed by atoms with Gasteiger partial charge in [0.05, 0.1) is 24.8 Å². The number of rotatable bonds is 9. The number of ether oxygens (including phenoxy) is 2. The van der Waals surface area contributed by atoms with Gasteiger partial charge >= 0.3 is 0 Å². The number of fused-ring (bicyclic) bond motifs is 1. The molecule has 3 aromatic rings. The molecule has 3 rings (SSSR count). The first-order chi connectivity index (χ1) is 14.2. The Balaban J connectivity index is 0.00000320. The van der Waals surface area contributed by atoms with Crippen LogP contribution in [0.4, 0.5) is 5.69 Å². The van der Waals surface area contributed by atoms with Crippen molar-refractivity contribution in [1.82, 2.24) is 15.3 Å². The number of aryl methyl sites for hydroxylation is 1. The van der Waals surface area contributed by atoms with Gasteiger partial charge in [0.25, 0.3) is 0 Å². The first-order valence-electron chi connectivity index (χ1n) is 10.0. The van der Waals surface area contributed by atoms with Crippen molar-refractivity contribution in [2.45, 2.75) is 26.7 Å². The Hall–Kier alpha value is -2.49. The zero-order valence-electron chi connectivity index (χ0n) is 17.7. The fourth-order valence-electron chi connectivity index (χ4n) is 3.03. The Morgan fingerprint density at radius 1 is 1.13 bits per heavy atom. The molecule has 0 unspecified atom stereocenters. The molecule has 0 aliphatic rings. The SMILES string of the molecule is CCNC(=NCCCc1nc2ccccc2[nH]1)Nc1ccc(OCC)c(OC)c1.I. The molecule has 2 aromatic carbocycles. The van der Waals surface area contributed by atoms with Crippen LogP contribution in [0.25, 0.3) is 11.0 Å². The van der Waals surface area contributed by atoms with Gasteiger partial charge in [0, 0.05) is 31.3 Å². The maximum Gasteiger partial charge on any atom is 0.195 e. The monoisotopic (exact) mass is 523 g/mol. The van der Waals surface area contributed by atoms with Crippen LogP contribution in [0, 0.1) is 0 Å². The van der Waals surface area contributed by atoms with Gasteiger partial charge in [-0.2, -0.15) is 0 Å². The summed E-state index contributed by atoms with van der Waals surface area (Å²) in [4.78, 5) is 12.6. The summed E-state index contributed by atoms with van der Waals surface area (Å²) in [5, 5.41) is 6.60. The zero-order valence-corrected chi connectivity index (χ0v) is 20.0. The van der Waals surface area contributed by atoms with Crippen LogP contribution in [0.1, 0.15) is 26.1 Å². The van der Waals surface area contributed by atoms with Gasteiger partial charge in [0.15, 0.2) is 17.5 Å². The topological polar surface area (TPSA) is 83.6 Å². The molecule has 0 amide bonds. The third kappa shape index (κ3) is 6.51. The van der Waals surface area contributed by atoms with Crippen molar-refractivity contribution in [3.8, 4) is 11.5 Å². The lowest BCUT2D eigenvalue weighted by atomic mass is 10.2. The summed E-state index contributed by atoms with van der Waals surface area (Å²) in [5.74, 6) is 3.16. The predicted molar refractivity (Wildman–Crippen MR) is 134 cm³/mol. The van der Waals surface area contributed by atoms with Crippen LogP contribution in [0.2, 0.25) is 0 Å². The third-order valence-electron chi connectivity index (χ3n) is 4.35. The third-order valence-corrected chi connectivity index (χ3v) is 4.35. The second kappa shape index (κ2) is 12.3. The molecule has 1 heterocycles. The Kier molecular flexibility index (Phi) is 9.72. The fraction of sp³-hybridized carbons (Fsp3) is 0.364. The van der Waals surface area contributed by atoms with Crippen molar-refractivity contribution >= 4 is 46.7 Å². The number of imidazole rings is 1. The van der Waals surface area contributed by atoms with Gasteiger partial charge < -0.3 is 25.1 Å². The molecule has 0 saturated carbocycles. The molecule has 0 saturated heterocycles. The number of halogens is 1. The second-order valence-electron chi connectivity index (χ2n) is 6.49. The molecular weight excluding hydrogens is 493 g/mol. The number of nitrogens with zero attached hydrogens (tertiary/aromatic N) is 2. The van der Waals surface area contributed by atoms with Gasteiger partial charge in [-0.25, -0.2) is 4.98 Å². The number of hydrogen-bond acceptors (Lipinski definition) is 4. The summed E-state index contributed by atoms with van der Waals surface area (Å²) in [6.07, 6.45) is 1.76. The van der Waals surface area contributed by atoms with Crippen molar-refractivity contribution in [1.29, 1.82) is 0 Å². The summed E-state index contributed by atoms with van der Waals surface area (Å²) in [5.41, 5.74) is 2.97. The minimum Gasteiger partial charge on any atom is -0.493 e. The van der Waals surface area contributed by atoms with E-state index in [1.54, 1.807) is 7.11 Å². The van der Waals surface area contributed by atoms with E-state index < -0.39 is 0 Å². The Morgan fingerprint density at radius 2 is 1.97 bits per heavy atom. The van der Waals surface area contributed by atoms with Gasteiger partial charge in [-0.15, -0.1) is 24.0 Å². The molecule has 0 bridgehead atoms. The van der Waals surface area contributed by atoms with Crippen LogP contribution < -0.4 is 20.1 Å². The zero-order chi connectivity index (χ0) is 20.5. The smallest absolute Gasteiger partial charge is 0.195 e. The second-order valence-corrected chi connectivity index (χ2v) is 6.49. The van der Waals surface area contributed by atoms with E-state index in [0.717, 1.165) is 53.6 Å². The Labute approximate surface area is 194 Å². The molecule has 0 aliphatic heterocycles. The van der Waals surface area contributed by atoms with Crippen LogP contribution in [0.15, 0.2) is 47.5 Å². The van der Waals surface area contributed by atoms with Gasteiger partial charge in [-0.3, -0.25) is 4.99 Å². The molecule has 7 nitrogen and oxygen atoms in total. The molecule has 3 N–H and O–H groups in total. The number of benzene rings is 2. The lowest BCUT2D eigenvalue weighted by Gasteiger charge is -2.14. The van der Waals surface area contributed by atoms with Crippen molar-refractivity contribution < 1.29 is 9.47 Å². The predicted octanol–water partition coefficient (Wildman–Crippen LogP) is 4.60. The van der Waals surface area contributed by atoms with E-state index in [4.69, 9.17) is 9.47 Å². The van der Waals surface area contributed by atoms with E-state index in [-0.39, 0.29) is 24.0 Å². The van der Waals surface area contributed by atoms with Crippen LogP contribution in [0.5, 0.6) is 11.5 Å². The van der Waals surface area contributed by atoms with Crippen molar-refractivity contribution in [3.05, 3.63) is 48.3 Å².